The highest BCUT2D eigenvalue weighted by atomic mass is 79.9. The second kappa shape index (κ2) is 3.61. The predicted octanol–water partition coefficient (Wildman–Crippen LogP) is 0.769. The molecule has 0 bridgehead atoms. The normalized spacial score (nSPS) is 17.8. The van der Waals surface area contributed by atoms with Crippen LogP contribution in [0.25, 0.3) is 0 Å². The summed E-state index contributed by atoms with van der Waals surface area (Å²) in [4.78, 5) is 10.3. The second-order valence-corrected chi connectivity index (χ2v) is 2.75. The zero-order valence-corrected chi connectivity index (χ0v) is 7.46. The van der Waals surface area contributed by atoms with E-state index in [0.29, 0.717) is 5.76 Å². The maximum Gasteiger partial charge on any atom is 0.327 e. The van der Waals surface area contributed by atoms with Crippen LogP contribution in [0.15, 0.2) is 12.0 Å². The van der Waals surface area contributed by atoms with Gasteiger partial charge in [0.2, 0.25) is 6.79 Å². The van der Waals surface area contributed by atoms with E-state index in [1.807, 2.05) is 0 Å². The summed E-state index contributed by atoms with van der Waals surface area (Å²) in [5, 5.41) is 0. The second-order valence-electron chi connectivity index (χ2n) is 1.83. The molecule has 0 saturated carbocycles. The summed E-state index contributed by atoms with van der Waals surface area (Å²) in [5.74, 6) is 0.0404. The van der Waals surface area contributed by atoms with E-state index in [4.69, 9.17) is 9.47 Å². The lowest BCUT2D eigenvalue weighted by molar-refractivity contribution is -0.139. The molecule has 4 nitrogen and oxygen atoms in total. The van der Waals surface area contributed by atoms with E-state index in [2.05, 4.69) is 20.7 Å². The van der Waals surface area contributed by atoms with Crippen LogP contribution in [0.1, 0.15) is 0 Å². The first kappa shape index (κ1) is 8.39. The number of carbonyl (C=O) groups is 1. The molecule has 0 spiro atoms. The van der Waals surface area contributed by atoms with Gasteiger partial charge in [0.25, 0.3) is 0 Å². The number of methoxy groups -OCH3 is 1. The molecule has 0 aliphatic carbocycles. The van der Waals surface area contributed by atoms with Crippen LogP contribution < -0.4 is 0 Å². The Morgan fingerprint density at radius 2 is 2.64 bits per heavy atom. The molecule has 5 heteroatoms. The first-order chi connectivity index (χ1) is 5.25. The van der Waals surface area contributed by atoms with Gasteiger partial charge in [-0.15, -0.1) is 0 Å². The summed E-state index contributed by atoms with van der Waals surface area (Å²) < 4.78 is 14.1. The van der Waals surface area contributed by atoms with Crippen molar-refractivity contribution in [3.05, 3.63) is 12.0 Å². The van der Waals surface area contributed by atoms with E-state index < -0.39 is 10.8 Å². The molecule has 0 N–H and O–H groups in total. The molecule has 1 aliphatic rings. The predicted molar refractivity (Wildman–Crippen MR) is 39.9 cm³/mol. The van der Waals surface area contributed by atoms with Crippen molar-refractivity contribution < 1.29 is 19.0 Å². The number of alkyl halides is 1. The molecule has 11 heavy (non-hydrogen) atoms. The minimum atomic E-state index is -0.560. The number of carbonyl (C=O) groups excluding carboxylic acids is 1. The van der Waals surface area contributed by atoms with Crippen LogP contribution in [0.5, 0.6) is 0 Å². The molecule has 0 aromatic rings. The van der Waals surface area contributed by atoms with Gasteiger partial charge >= 0.3 is 5.97 Å². The van der Waals surface area contributed by atoms with E-state index in [1.165, 1.54) is 13.4 Å². The minimum absolute atomic E-state index is 0.161. The minimum Gasteiger partial charge on any atom is -0.468 e. The van der Waals surface area contributed by atoms with Crippen LogP contribution in [0.3, 0.4) is 0 Å². The van der Waals surface area contributed by atoms with Crippen LogP contribution in [0.4, 0.5) is 0 Å². The molecule has 0 aromatic carbocycles. The van der Waals surface area contributed by atoms with E-state index >= 15 is 0 Å². The summed E-state index contributed by atoms with van der Waals surface area (Å²) in [5.41, 5.74) is 0. The lowest BCUT2D eigenvalue weighted by Gasteiger charge is -2.05. The third-order valence-electron chi connectivity index (χ3n) is 1.15. The van der Waals surface area contributed by atoms with E-state index in [0.717, 1.165) is 0 Å². The van der Waals surface area contributed by atoms with Gasteiger partial charge in [-0.2, -0.15) is 0 Å². The number of hydrogen-bond donors (Lipinski definition) is 0. The zero-order chi connectivity index (χ0) is 8.27. The molecule has 1 unspecified atom stereocenters. The molecule has 0 amide bonds. The molecule has 1 heterocycles. The monoisotopic (exact) mass is 222 g/mol. The van der Waals surface area contributed by atoms with Crippen LogP contribution in [0.2, 0.25) is 0 Å². The lowest BCUT2D eigenvalue weighted by Crippen LogP contribution is -2.18. The Kier molecular flexibility index (Phi) is 2.76. The van der Waals surface area contributed by atoms with Crippen LogP contribution in [-0.4, -0.2) is 24.7 Å². The van der Waals surface area contributed by atoms with Gasteiger partial charge in [-0.3, -0.25) is 4.79 Å². The molecule has 0 fully saturated rings. The molecule has 0 aromatic heterocycles. The summed E-state index contributed by atoms with van der Waals surface area (Å²) in [7, 11) is 1.31. The smallest absolute Gasteiger partial charge is 0.327 e. The van der Waals surface area contributed by atoms with Gasteiger partial charge in [0.15, 0.2) is 10.6 Å². The van der Waals surface area contributed by atoms with Crippen LogP contribution in [-0.2, 0) is 19.0 Å². The molecular weight excluding hydrogens is 216 g/mol. The van der Waals surface area contributed by atoms with Gasteiger partial charge in [0.1, 0.15) is 6.26 Å². The maximum absolute atomic E-state index is 10.9. The van der Waals surface area contributed by atoms with Crippen molar-refractivity contribution in [1.82, 2.24) is 0 Å². The van der Waals surface area contributed by atoms with Crippen molar-refractivity contribution in [3.63, 3.8) is 0 Å². The first-order valence-electron chi connectivity index (χ1n) is 2.92. The van der Waals surface area contributed by atoms with E-state index in [1.54, 1.807) is 0 Å². The largest absolute Gasteiger partial charge is 0.468 e. The standard InChI is InChI=1S/C6H7BrO4/c1-9-6(8)5(7)4-2-10-3-11-4/h2,5H,3H2,1H3. The van der Waals surface area contributed by atoms with Gasteiger partial charge in [-0.05, 0) is 0 Å². The number of esters is 1. The average molecular weight is 223 g/mol. The van der Waals surface area contributed by atoms with Crippen molar-refractivity contribution in [2.75, 3.05) is 13.9 Å². The molecule has 0 radical (unpaired) electrons. The third-order valence-corrected chi connectivity index (χ3v) is 1.98. The number of halogens is 1. The Balaban J connectivity index is 2.52. The van der Waals surface area contributed by atoms with Crippen molar-refractivity contribution >= 4 is 21.9 Å². The van der Waals surface area contributed by atoms with Crippen molar-refractivity contribution in [1.29, 1.82) is 0 Å². The van der Waals surface area contributed by atoms with Gasteiger partial charge in [-0.1, -0.05) is 15.9 Å². The first-order valence-corrected chi connectivity index (χ1v) is 3.83. The average Bonchev–Trinajstić information content (AvgIpc) is 2.53. The summed E-state index contributed by atoms with van der Waals surface area (Å²) in [6, 6.07) is 0. The Labute approximate surface area is 72.2 Å². The van der Waals surface area contributed by atoms with Crippen molar-refractivity contribution in [3.8, 4) is 0 Å². The highest BCUT2D eigenvalue weighted by Gasteiger charge is 2.24. The Morgan fingerprint density at radius 1 is 1.91 bits per heavy atom. The summed E-state index contributed by atoms with van der Waals surface area (Å²) in [6.45, 7) is 0.161. The quantitative estimate of drug-likeness (QED) is 0.512. The van der Waals surface area contributed by atoms with Crippen LogP contribution in [0, 0.1) is 0 Å². The van der Waals surface area contributed by atoms with Gasteiger partial charge < -0.3 is 14.2 Å². The summed E-state index contributed by atoms with van der Waals surface area (Å²) >= 11 is 3.08. The number of hydrogen-bond acceptors (Lipinski definition) is 4. The zero-order valence-electron chi connectivity index (χ0n) is 5.87. The topological polar surface area (TPSA) is 44.8 Å². The van der Waals surface area contributed by atoms with Gasteiger partial charge in [-0.25, -0.2) is 0 Å². The number of rotatable bonds is 2. The Bertz CT molecular complexity index is 189. The van der Waals surface area contributed by atoms with E-state index in [9.17, 15) is 4.79 Å². The fourth-order valence-corrected chi connectivity index (χ4v) is 1.03. The van der Waals surface area contributed by atoms with Gasteiger partial charge in [0, 0.05) is 0 Å². The molecule has 1 rings (SSSR count). The van der Waals surface area contributed by atoms with Crippen molar-refractivity contribution in [2.24, 2.45) is 0 Å². The fourth-order valence-electron chi connectivity index (χ4n) is 0.605. The fraction of sp³-hybridized carbons (Fsp3) is 0.500. The molecular formula is C6H7BrO4. The molecule has 62 valence electrons. The number of ether oxygens (including phenoxy) is 3. The Hall–Kier alpha value is -0.710. The molecule has 1 aliphatic heterocycles. The molecule has 0 saturated heterocycles. The highest BCUT2D eigenvalue weighted by molar-refractivity contribution is 9.10. The maximum atomic E-state index is 10.9. The SMILES string of the molecule is COC(=O)C(Br)C1=COCO1. The van der Waals surface area contributed by atoms with Gasteiger partial charge in [0.05, 0.1) is 7.11 Å². The lowest BCUT2D eigenvalue weighted by atomic mass is 10.4. The third kappa shape index (κ3) is 1.86. The highest BCUT2D eigenvalue weighted by Crippen LogP contribution is 2.18. The Morgan fingerprint density at radius 3 is 3.09 bits per heavy atom. The summed E-state index contributed by atoms with van der Waals surface area (Å²) in [6.07, 6.45) is 1.39. The van der Waals surface area contributed by atoms with Crippen LogP contribution >= 0.6 is 15.9 Å². The molecule has 1 atom stereocenters. The van der Waals surface area contributed by atoms with Crippen molar-refractivity contribution in [2.45, 2.75) is 4.83 Å². The van der Waals surface area contributed by atoms with E-state index in [-0.39, 0.29) is 6.79 Å².